The molecule has 0 saturated carbocycles. The number of benzene rings is 1. The van der Waals surface area contributed by atoms with Crippen LogP contribution in [-0.4, -0.2) is 9.30 Å². The molecule has 1 heterocycles. The molecule has 0 bridgehead atoms. The van der Waals surface area contributed by atoms with Crippen LogP contribution in [0.1, 0.15) is 5.69 Å². The molecule has 0 saturated heterocycles. The highest BCUT2D eigenvalue weighted by atomic mass is 32.1. The van der Waals surface area contributed by atoms with Crippen molar-refractivity contribution in [2.45, 2.75) is 6.92 Å². The quantitative estimate of drug-likeness (QED) is 0.577. The Bertz CT molecular complexity index is 508. The van der Waals surface area contributed by atoms with E-state index in [0.717, 1.165) is 10.6 Å². The normalized spacial score (nSPS) is 10.2. The third-order valence-electron chi connectivity index (χ3n) is 1.99. The predicted octanol–water partition coefficient (Wildman–Crippen LogP) is 3.03. The zero-order valence-electron chi connectivity index (χ0n) is 8.01. The Morgan fingerprint density at radius 2 is 2.13 bits per heavy atom. The summed E-state index contributed by atoms with van der Waals surface area (Å²) in [6.45, 7) is 1.87. The van der Waals surface area contributed by atoms with Gasteiger partial charge in [-0.25, -0.2) is 0 Å². The first-order chi connectivity index (χ1) is 7.18. The lowest BCUT2D eigenvalue weighted by Gasteiger charge is -1.97. The van der Waals surface area contributed by atoms with Gasteiger partial charge in [0.15, 0.2) is 0 Å². The average Bonchev–Trinajstić information content (AvgIpc) is 2.65. The number of hydrogen-bond acceptors (Lipinski definition) is 4. The van der Waals surface area contributed by atoms with Crippen LogP contribution in [-0.2, 0) is 0 Å². The van der Waals surface area contributed by atoms with Gasteiger partial charge in [-0.1, -0.05) is 12.1 Å². The Labute approximate surface area is 90.5 Å². The Balaban J connectivity index is 2.57. The minimum absolute atomic E-state index is 0.126. The topological polar surface area (TPSA) is 56.0 Å². The molecule has 0 unspecified atom stereocenters. The monoisotopic (exact) mass is 220 g/mol. The Hall–Kier alpha value is -1.75. The van der Waals surface area contributed by atoms with E-state index in [4.69, 9.17) is 0 Å². The molecule has 0 atom stereocenters. The van der Waals surface area contributed by atoms with Crippen molar-refractivity contribution in [1.82, 2.24) is 4.37 Å². The fourth-order valence-electron chi connectivity index (χ4n) is 1.33. The van der Waals surface area contributed by atoms with Gasteiger partial charge in [-0.2, -0.15) is 4.37 Å². The Kier molecular flexibility index (Phi) is 2.47. The standard InChI is InChI=1S/C10H8N2O2S/c1-7-6-10(15-11-7)8-4-2-3-5-9(8)12(13)14/h2-6H,1H3. The average molecular weight is 220 g/mol. The van der Waals surface area contributed by atoms with E-state index in [9.17, 15) is 10.1 Å². The first-order valence-electron chi connectivity index (χ1n) is 4.35. The van der Waals surface area contributed by atoms with Crippen molar-refractivity contribution in [3.63, 3.8) is 0 Å². The molecule has 0 aliphatic rings. The molecule has 0 spiro atoms. The maximum Gasteiger partial charge on any atom is 0.278 e. The second kappa shape index (κ2) is 3.78. The van der Waals surface area contributed by atoms with Gasteiger partial charge in [-0.05, 0) is 30.6 Å². The minimum Gasteiger partial charge on any atom is -0.258 e. The predicted molar refractivity (Wildman–Crippen MR) is 58.9 cm³/mol. The van der Waals surface area contributed by atoms with Crippen molar-refractivity contribution >= 4 is 17.2 Å². The molecule has 1 aromatic heterocycles. The molecule has 2 aromatic rings. The van der Waals surface area contributed by atoms with Crippen molar-refractivity contribution in [2.24, 2.45) is 0 Å². The van der Waals surface area contributed by atoms with Gasteiger partial charge < -0.3 is 0 Å². The van der Waals surface area contributed by atoms with Crippen molar-refractivity contribution in [3.8, 4) is 10.4 Å². The Morgan fingerprint density at radius 1 is 1.40 bits per heavy atom. The molecular weight excluding hydrogens is 212 g/mol. The Morgan fingerprint density at radius 3 is 2.73 bits per heavy atom. The van der Waals surface area contributed by atoms with Crippen LogP contribution in [0.3, 0.4) is 0 Å². The molecule has 2 rings (SSSR count). The summed E-state index contributed by atoms with van der Waals surface area (Å²) >= 11 is 1.28. The summed E-state index contributed by atoms with van der Waals surface area (Å²) in [5.41, 5.74) is 1.64. The van der Waals surface area contributed by atoms with E-state index < -0.39 is 0 Å². The molecule has 1 aromatic carbocycles. The molecule has 5 heteroatoms. The van der Waals surface area contributed by atoms with Gasteiger partial charge in [0.05, 0.1) is 21.1 Å². The molecule has 76 valence electrons. The molecule has 0 radical (unpaired) electrons. The number of nitro groups is 1. The van der Waals surface area contributed by atoms with E-state index in [1.54, 1.807) is 18.2 Å². The lowest BCUT2D eigenvalue weighted by Crippen LogP contribution is -1.89. The fraction of sp³-hybridized carbons (Fsp3) is 0.100. The smallest absolute Gasteiger partial charge is 0.258 e. The molecule has 0 amide bonds. The van der Waals surface area contributed by atoms with Crippen LogP contribution in [0.25, 0.3) is 10.4 Å². The summed E-state index contributed by atoms with van der Waals surface area (Å²) in [6.07, 6.45) is 0. The number of aromatic nitrogens is 1. The third-order valence-corrected chi connectivity index (χ3v) is 2.91. The zero-order chi connectivity index (χ0) is 10.8. The van der Waals surface area contributed by atoms with E-state index in [0.29, 0.717) is 5.56 Å². The van der Waals surface area contributed by atoms with Gasteiger partial charge in [0.1, 0.15) is 0 Å². The summed E-state index contributed by atoms with van der Waals surface area (Å²) in [4.78, 5) is 11.3. The van der Waals surface area contributed by atoms with Crippen LogP contribution in [0.5, 0.6) is 0 Å². The van der Waals surface area contributed by atoms with Gasteiger partial charge in [0, 0.05) is 6.07 Å². The number of nitrogens with zero attached hydrogens (tertiary/aromatic N) is 2. The molecule has 0 N–H and O–H groups in total. The number of hydrogen-bond donors (Lipinski definition) is 0. The van der Waals surface area contributed by atoms with Gasteiger partial charge in [0.2, 0.25) is 0 Å². The zero-order valence-corrected chi connectivity index (χ0v) is 8.82. The van der Waals surface area contributed by atoms with Crippen LogP contribution in [0.2, 0.25) is 0 Å². The molecular formula is C10H8N2O2S. The summed E-state index contributed by atoms with van der Waals surface area (Å²) in [7, 11) is 0. The van der Waals surface area contributed by atoms with Crippen LogP contribution in [0, 0.1) is 17.0 Å². The second-order valence-electron chi connectivity index (χ2n) is 3.11. The lowest BCUT2D eigenvalue weighted by molar-refractivity contribution is -0.384. The van der Waals surface area contributed by atoms with Gasteiger partial charge >= 0.3 is 0 Å². The first-order valence-corrected chi connectivity index (χ1v) is 5.13. The summed E-state index contributed by atoms with van der Waals surface area (Å²) in [5, 5.41) is 10.8. The van der Waals surface area contributed by atoms with Crippen molar-refractivity contribution in [1.29, 1.82) is 0 Å². The van der Waals surface area contributed by atoms with Crippen LogP contribution < -0.4 is 0 Å². The minimum atomic E-state index is -0.371. The molecule has 15 heavy (non-hydrogen) atoms. The van der Waals surface area contributed by atoms with Gasteiger partial charge in [-0.15, -0.1) is 0 Å². The molecule has 0 aliphatic heterocycles. The molecule has 0 aliphatic carbocycles. The highest BCUT2D eigenvalue weighted by molar-refractivity contribution is 7.09. The second-order valence-corrected chi connectivity index (χ2v) is 3.91. The SMILES string of the molecule is Cc1cc(-c2ccccc2[N+](=O)[O-])sn1. The van der Waals surface area contributed by atoms with Crippen molar-refractivity contribution < 1.29 is 4.92 Å². The molecule has 4 nitrogen and oxygen atoms in total. The van der Waals surface area contributed by atoms with Gasteiger partial charge in [0.25, 0.3) is 5.69 Å². The van der Waals surface area contributed by atoms with E-state index in [1.807, 2.05) is 13.0 Å². The number of nitro benzene ring substituents is 1. The summed E-state index contributed by atoms with van der Waals surface area (Å²) in [5.74, 6) is 0. The lowest BCUT2D eigenvalue weighted by atomic mass is 10.1. The number of para-hydroxylation sites is 1. The fourth-order valence-corrected chi connectivity index (χ4v) is 2.12. The maximum absolute atomic E-state index is 10.8. The summed E-state index contributed by atoms with van der Waals surface area (Å²) < 4.78 is 4.11. The van der Waals surface area contributed by atoms with Gasteiger partial charge in [-0.3, -0.25) is 10.1 Å². The highest BCUT2D eigenvalue weighted by Gasteiger charge is 2.15. The van der Waals surface area contributed by atoms with E-state index in [-0.39, 0.29) is 10.6 Å². The molecule has 0 fully saturated rings. The number of aryl methyl sites for hydroxylation is 1. The summed E-state index contributed by atoms with van der Waals surface area (Å²) in [6, 6.07) is 8.55. The van der Waals surface area contributed by atoms with Crippen molar-refractivity contribution in [3.05, 3.63) is 46.1 Å². The number of rotatable bonds is 2. The third kappa shape index (κ3) is 1.87. The maximum atomic E-state index is 10.8. The van der Waals surface area contributed by atoms with Crippen molar-refractivity contribution in [2.75, 3.05) is 0 Å². The van der Waals surface area contributed by atoms with E-state index in [1.165, 1.54) is 17.6 Å². The van der Waals surface area contributed by atoms with E-state index in [2.05, 4.69) is 4.37 Å². The first kappa shape index (κ1) is 9.79. The van der Waals surface area contributed by atoms with Crippen LogP contribution >= 0.6 is 11.5 Å². The largest absolute Gasteiger partial charge is 0.278 e. The van der Waals surface area contributed by atoms with Crippen LogP contribution in [0.15, 0.2) is 30.3 Å². The van der Waals surface area contributed by atoms with Crippen LogP contribution in [0.4, 0.5) is 5.69 Å². The highest BCUT2D eigenvalue weighted by Crippen LogP contribution is 2.32. The van der Waals surface area contributed by atoms with E-state index >= 15 is 0 Å².